The molecule has 21 heavy (non-hydrogen) atoms. The number of unbranched alkanes of at least 4 members (excludes halogenated alkanes) is 1. The quantitative estimate of drug-likeness (QED) is 0.591. The zero-order valence-corrected chi connectivity index (χ0v) is 12.9. The first-order valence-electron chi connectivity index (χ1n) is 7.81. The maximum Gasteiger partial charge on any atom is 0.330 e. The SMILES string of the molecule is CN(C)CCCCN1C(=O)NC(=O)C(C2CCCC2)C1=O. The van der Waals surface area contributed by atoms with Crippen LogP contribution in [0.5, 0.6) is 0 Å². The third kappa shape index (κ3) is 3.81. The average Bonchev–Trinajstić information content (AvgIpc) is 2.90. The summed E-state index contributed by atoms with van der Waals surface area (Å²) in [5.74, 6) is -1.24. The molecule has 0 aromatic carbocycles. The summed E-state index contributed by atoms with van der Waals surface area (Å²) in [7, 11) is 3.99. The molecular formula is C15H25N3O3. The molecule has 1 saturated heterocycles. The second kappa shape index (κ2) is 7.02. The lowest BCUT2D eigenvalue weighted by atomic mass is 9.87. The first-order valence-corrected chi connectivity index (χ1v) is 7.81. The zero-order chi connectivity index (χ0) is 15.4. The van der Waals surface area contributed by atoms with Crippen LogP contribution in [-0.2, 0) is 9.59 Å². The Labute approximate surface area is 125 Å². The zero-order valence-electron chi connectivity index (χ0n) is 12.9. The Morgan fingerprint density at radius 3 is 2.43 bits per heavy atom. The van der Waals surface area contributed by atoms with Crippen molar-refractivity contribution in [3.05, 3.63) is 0 Å². The van der Waals surface area contributed by atoms with Gasteiger partial charge in [-0.1, -0.05) is 12.8 Å². The summed E-state index contributed by atoms with van der Waals surface area (Å²) in [6.45, 7) is 1.32. The maximum absolute atomic E-state index is 12.5. The number of carbonyl (C=O) groups excluding carboxylic acids is 3. The minimum Gasteiger partial charge on any atom is -0.309 e. The van der Waals surface area contributed by atoms with E-state index in [2.05, 4.69) is 10.2 Å². The Morgan fingerprint density at radius 2 is 1.81 bits per heavy atom. The molecule has 1 unspecified atom stereocenters. The number of hydrogen-bond acceptors (Lipinski definition) is 4. The van der Waals surface area contributed by atoms with Gasteiger partial charge in [-0.2, -0.15) is 0 Å². The van der Waals surface area contributed by atoms with Gasteiger partial charge in [-0.15, -0.1) is 0 Å². The van der Waals surface area contributed by atoms with E-state index in [0.29, 0.717) is 6.54 Å². The fourth-order valence-corrected chi connectivity index (χ4v) is 3.25. The van der Waals surface area contributed by atoms with E-state index in [1.165, 1.54) is 4.90 Å². The highest BCUT2D eigenvalue weighted by Crippen LogP contribution is 2.33. The van der Waals surface area contributed by atoms with E-state index in [1.54, 1.807) is 0 Å². The Kier molecular flexibility index (Phi) is 5.33. The molecule has 118 valence electrons. The van der Waals surface area contributed by atoms with Crippen molar-refractivity contribution < 1.29 is 14.4 Å². The van der Waals surface area contributed by atoms with Crippen LogP contribution in [-0.4, -0.2) is 54.8 Å². The molecule has 2 rings (SSSR count). The van der Waals surface area contributed by atoms with E-state index in [1.807, 2.05) is 14.1 Å². The van der Waals surface area contributed by atoms with Gasteiger partial charge in [-0.3, -0.25) is 19.8 Å². The van der Waals surface area contributed by atoms with Gasteiger partial charge in [-0.05, 0) is 52.2 Å². The Bertz CT molecular complexity index is 416. The van der Waals surface area contributed by atoms with Gasteiger partial charge in [0.2, 0.25) is 11.8 Å². The molecule has 2 fully saturated rings. The second-order valence-corrected chi connectivity index (χ2v) is 6.32. The molecule has 6 nitrogen and oxygen atoms in total. The molecule has 6 heteroatoms. The fourth-order valence-electron chi connectivity index (χ4n) is 3.25. The highest BCUT2D eigenvalue weighted by molar-refractivity contribution is 6.16. The van der Waals surface area contributed by atoms with Crippen LogP contribution in [0.25, 0.3) is 0 Å². The summed E-state index contributed by atoms with van der Waals surface area (Å²) in [4.78, 5) is 39.7. The molecule has 1 saturated carbocycles. The molecule has 2 aliphatic rings. The molecule has 1 atom stereocenters. The summed E-state index contributed by atoms with van der Waals surface area (Å²) in [5.41, 5.74) is 0. The van der Waals surface area contributed by atoms with Crippen molar-refractivity contribution in [2.45, 2.75) is 38.5 Å². The highest BCUT2D eigenvalue weighted by atomic mass is 16.2. The number of amides is 4. The summed E-state index contributed by atoms with van der Waals surface area (Å²) in [5, 5.41) is 2.35. The van der Waals surface area contributed by atoms with Crippen LogP contribution in [0.1, 0.15) is 38.5 Å². The van der Waals surface area contributed by atoms with Crippen LogP contribution < -0.4 is 5.32 Å². The maximum atomic E-state index is 12.5. The third-order valence-electron chi connectivity index (χ3n) is 4.40. The summed E-state index contributed by atoms with van der Waals surface area (Å²) in [6, 6.07) is -0.552. The van der Waals surface area contributed by atoms with E-state index < -0.39 is 17.9 Å². The Hall–Kier alpha value is -1.43. The van der Waals surface area contributed by atoms with E-state index in [-0.39, 0.29) is 11.8 Å². The first kappa shape index (κ1) is 15.9. The standard InChI is InChI=1S/C15H25N3O3/c1-17(2)9-5-6-10-18-14(20)12(11-7-3-4-8-11)13(19)16-15(18)21/h11-12H,3-10H2,1-2H3,(H,16,19,21). The first-order chi connectivity index (χ1) is 10.0. The monoisotopic (exact) mass is 295 g/mol. The predicted octanol–water partition coefficient (Wildman–Crippen LogP) is 1.21. The molecule has 1 aliphatic carbocycles. The van der Waals surface area contributed by atoms with Gasteiger partial charge >= 0.3 is 6.03 Å². The normalized spacial score (nSPS) is 24.0. The molecule has 1 heterocycles. The fraction of sp³-hybridized carbons (Fsp3) is 0.800. The van der Waals surface area contributed by atoms with Crippen LogP contribution in [0.15, 0.2) is 0 Å². The molecule has 4 amide bonds. The molecule has 1 aliphatic heterocycles. The number of carbonyl (C=O) groups is 3. The van der Waals surface area contributed by atoms with Crippen LogP contribution in [0.2, 0.25) is 0 Å². The number of imide groups is 2. The van der Waals surface area contributed by atoms with Crippen molar-refractivity contribution in [3.8, 4) is 0 Å². The van der Waals surface area contributed by atoms with Gasteiger partial charge in [0, 0.05) is 6.54 Å². The van der Waals surface area contributed by atoms with Crippen molar-refractivity contribution in [3.63, 3.8) is 0 Å². The Balaban J connectivity index is 1.94. The molecule has 0 spiro atoms. The van der Waals surface area contributed by atoms with Crippen molar-refractivity contribution in [1.29, 1.82) is 0 Å². The van der Waals surface area contributed by atoms with Crippen molar-refractivity contribution in [2.75, 3.05) is 27.2 Å². The summed E-state index contributed by atoms with van der Waals surface area (Å²) >= 11 is 0. The van der Waals surface area contributed by atoms with Crippen LogP contribution in [0.4, 0.5) is 4.79 Å². The summed E-state index contributed by atoms with van der Waals surface area (Å²) in [6.07, 6.45) is 5.64. The summed E-state index contributed by atoms with van der Waals surface area (Å²) < 4.78 is 0. The second-order valence-electron chi connectivity index (χ2n) is 6.32. The lowest BCUT2D eigenvalue weighted by Gasteiger charge is -2.32. The molecule has 0 radical (unpaired) electrons. The number of urea groups is 1. The van der Waals surface area contributed by atoms with E-state index in [9.17, 15) is 14.4 Å². The van der Waals surface area contributed by atoms with Gasteiger partial charge in [0.1, 0.15) is 5.92 Å². The molecule has 1 N–H and O–H groups in total. The van der Waals surface area contributed by atoms with Gasteiger partial charge in [-0.25, -0.2) is 4.79 Å². The number of nitrogens with one attached hydrogen (secondary N) is 1. The molecule has 0 bridgehead atoms. The minimum atomic E-state index is -0.654. The van der Waals surface area contributed by atoms with Gasteiger partial charge in [0.15, 0.2) is 0 Å². The lowest BCUT2D eigenvalue weighted by Crippen LogP contribution is -2.59. The topological polar surface area (TPSA) is 69.7 Å². The van der Waals surface area contributed by atoms with Crippen LogP contribution in [0, 0.1) is 11.8 Å². The van der Waals surface area contributed by atoms with Gasteiger partial charge in [0.05, 0.1) is 0 Å². The molecular weight excluding hydrogens is 270 g/mol. The number of hydrogen-bond donors (Lipinski definition) is 1. The molecule has 0 aromatic rings. The van der Waals surface area contributed by atoms with E-state index >= 15 is 0 Å². The van der Waals surface area contributed by atoms with Crippen molar-refractivity contribution >= 4 is 17.8 Å². The average molecular weight is 295 g/mol. The Morgan fingerprint density at radius 1 is 1.14 bits per heavy atom. The van der Waals surface area contributed by atoms with Crippen molar-refractivity contribution in [2.24, 2.45) is 11.8 Å². The number of nitrogens with zero attached hydrogens (tertiary/aromatic N) is 2. The van der Waals surface area contributed by atoms with Crippen LogP contribution in [0.3, 0.4) is 0 Å². The highest BCUT2D eigenvalue weighted by Gasteiger charge is 2.44. The van der Waals surface area contributed by atoms with Crippen molar-refractivity contribution in [1.82, 2.24) is 15.1 Å². The van der Waals surface area contributed by atoms with Gasteiger partial charge < -0.3 is 4.90 Å². The third-order valence-corrected chi connectivity index (χ3v) is 4.40. The van der Waals surface area contributed by atoms with E-state index in [0.717, 1.165) is 45.1 Å². The largest absolute Gasteiger partial charge is 0.330 e. The molecule has 0 aromatic heterocycles. The minimum absolute atomic E-state index is 0.106. The smallest absolute Gasteiger partial charge is 0.309 e. The number of barbiturate groups is 1. The lowest BCUT2D eigenvalue weighted by molar-refractivity contribution is -0.145. The van der Waals surface area contributed by atoms with Crippen LogP contribution >= 0.6 is 0 Å². The van der Waals surface area contributed by atoms with E-state index in [4.69, 9.17) is 0 Å². The number of rotatable bonds is 6. The van der Waals surface area contributed by atoms with Gasteiger partial charge in [0.25, 0.3) is 0 Å². The predicted molar refractivity (Wildman–Crippen MR) is 78.5 cm³/mol.